The Morgan fingerprint density at radius 1 is 1.73 bits per heavy atom. The number of likely N-dealkylation sites (N-methyl/N-ethyl adjacent to an activating group) is 1. The zero-order chi connectivity index (χ0) is 8.69. The van der Waals surface area contributed by atoms with Crippen LogP contribution in [0.25, 0.3) is 0 Å². The summed E-state index contributed by atoms with van der Waals surface area (Å²) in [5.74, 6) is -0.298. The maximum Gasteiger partial charge on any atom is 0.334 e. The molecule has 0 aromatic heterocycles. The first kappa shape index (κ1) is 10.5. The van der Waals surface area contributed by atoms with E-state index in [0.29, 0.717) is 18.7 Å². The number of halogens is 1. The SMILES string of the molecule is C=C(CCl)C(=O)OCCNC. The minimum atomic E-state index is -0.421. The van der Waals surface area contributed by atoms with Gasteiger partial charge in [0, 0.05) is 12.1 Å². The van der Waals surface area contributed by atoms with Crippen LogP contribution in [0.15, 0.2) is 12.2 Å². The van der Waals surface area contributed by atoms with Crippen LogP contribution < -0.4 is 5.32 Å². The molecular weight excluding hydrogens is 166 g/mol. The highest BCUT2D eigenvalue weighted by atomic mass is 35.5. The Kier molecular flexibility index (Phi) is 5.88. The van der Waals surface area contributed by atoms with E-state index in [4.69, 9.17) is 16.3 Å². The molecule has 0 fully saturated rings. The summed E-state index contributed by atoms with van der Waals surface area (Å²) >= 11 is 5.34. The monoisotopic (exact) mass is 177 g/mol. The van der Waals surface area contributed by atoms with Crippen molar-refractivity contribution in [1.82, 2.24) is 5.32 Å². The Labute approximate surface area is 71.4 Å². The van der Waals surface area contributed by atoms with Crippen molar-refractivity contribution in [3.05, 3.63) is 12.2 Å². The van der Waals surface area contributed by atoms with Gasteiger partial charge < -0.3 is 10.1 Å². The van der Waals surface area contributed by atoms with Gasteiger partial charge in [-0.25, -0.2) is 4.79 Å². The van der Waals surface area contributed by atoms with Gasteiger partial charge >= 0.3 is 5.97 Å². The van der Waals surface area contributed by atoms with Crippen molar-refractivity contribution in [1.29, 1.82) is 0 Å². The Bertz CT molecular complexity index is 147. The highest BCUT2D eigenvalue weighted by molar-refractivity contribution is 6.22. The lowest BCUT2D eigenvalue weighted by Gasteiger charge is -2.03. The largest absolute Gasteiger partial charge is 0.461 e. The average molecular weight is 178 g/mol. The van der Waals surface area contributed by atoms with E-state index in [1.54, 1.807) is 7.05 Å². The highest BCUT2D eigenvalue weighted by Crippen LogP contribution is 1.96. The molecule has 11 heavy (non-hydrogen) atoms. The van der Waals surface area contributed by atoms with Crippen molar-refractivity contribution < 1.29 is 9.53 Å². The first-order valence-electron chi connectivity index (χ1n) is 3.27. The molecule has 0 aliphatic carbocycles. The normalized spacial score (nSPS) is 9.27. The van der Waals surface area contributed by atoms with E-state index in [1.807, 2.05) is 0 Å². The number of ether oxygens (including phenoxy) is 1. The second kappa shape index (κ2) is 6.19. The average Bonchev–Trinajstić information content (AvgIpc) is 2.03. The Morgan fingerprint density at radius 3 is 2.82 bits per heavy atom. The van der Waals surface area contributed by atoms with Crippen LogP contribution in [0, 0.1) is 0 Å². The molecule has 0 aliphatic rings. The van der Waals surface area contributed by atoms with Crippen molar-refractivity contribution in [3.63, 3.8) is 0 Å². The summed E-state index contributed by atoms with van der Waals surface area (Å²) in [6.45, 7) is 4.42. The molecule has 0 bridgehead atoms. The first-order chi connectivity index (χ1) is 5.22. The molecule has 0 aromatic rings. The van der Waals surface area contributed by atoms with Crippen LogP contribution in [0.5, 0.6) is 0 Å². The van der Waals surface area contributed by atoms with E-state index in [-0.39, 0.29) is 5.88 Å². The van der Waals surface area contributed by atoms with Crippen LogP contribution in [-0.2, 0) is 9.53 Å². The fourth-order valence-corrected chi connectivity index (χ4v) is 0.512. The van der Waals surface area contributed by atoms with E-state index in [9.17, 15) is 4.79 Å². The summed E-state index contributed by atoms with van der Waals surface area (Å²) < 4.78 is 4.75. The standard InChI is InChI=1S/C7H12ClNO2/c1-6(5-8)7(10)11-4-3-9-2/h9H,1,3-5H2,2H3. The lowest BCUT2D eigenvalue weighted by molar-refractivity contribution is -0.138. The van der Waals surface area contributed by atoms with Gasteiger partial charge in [0.25, 0.3) is 0 Å². The van der Waals surface area contributed by atoms with Gasteiger partial charge in [-0.2, -0.15) is 0 Å². The van der Waals surface area contributed by atoms with Gasteiger partial charge in [0.05, 0.1) is 5.88 Å². The molecule has 0 amide bonds. The predicted octanol–water partition coefficient (Wildman–Crippen LogP) is 0.544. The van der Waals surface area contributed by atoms with Gasteiger partial charge in [0.2, 0.25) is 0 Å². The molecule has 0 unspecified atom stereocenters. The molecule has 0 atom stereocenters. The molecule has 4 heteroatoms. The molecule has 0 spiro atoms. The molecule has 0 saturated carbocycles. The maximum absolute atomic E-state index is 10.8. The number of hydrogen-bond acceptors (Lipinski definition) is 3. The zero-order valence-electron chi connectivity index (χ0n) is 6.52. The molecule has 0 rings (SSSR count). The van der Waals surface area contributed by atoms with Crippen LogP contribution in [-0.4, -0.2) is 32.0 Å². The Morgan fingerprint density at radius 2 is 2.36 bits per heavy atom. The molecule has 0 radical (unpaired) electrons. The fourth-order valence-electron chi connectivity index (χ4n) is 0.402. The molecular formula is C7H12ClNO2. The molecule has 3 nitrogen and oxygen atoms in total. The smallest absolute Gasteiger partial charge is 0.334 e. The third-order valence-corrected chi connectivity index (χ3v) is 1.36. The van der Waals surface area contributed by atoms with Crippen LogP contribution in [0.4, 0.5) is 0 Å². The van der Waals surface area contributed by atoms with Gasteiger partial charge in [-0.1, -0.05) is 6.58 Å². The molecule has 1 N–H and O–H groups in total. The minimum absolute atomic E-state index is 0.123. The topological polar surface area (TPSA) is 38.3 Å². The van der Waals surface area contributed by atoms with Gasteiger partial charge in [-0.3, -0.25) is 0 Å². The summed E-state index contributed by atoms with van der Waals surface area (Å²) in [5, 5.41) is 2.84. The van der Waals surface area contributed by atoms with Crippen molar-refractivity contribution in [3.8, 4) is 0 Å². The molecule has 0 aliphatic heterocycles. The zero-order valence-corrected chi connectivity index (χ0v) is 7.28. The summed E-state index contributed by atoms with van der Waals surface area (Å²) in [6, 6.07) is 0. The Balaban J connectivity index is 3.44. The van der Waals surface area contributed by atoms with Crippen molar-refractivity contribution >= 4 is 17.6 Å². The number of nitrogens with one attached hydrogen (secondary N) is 1. The van der Waals surface area contributed by atoms with E-state index in [2.05, 4.69) is 11.9 Å². The fraction of sp³-hybridized carbons (Fsp3) is 0.571. The molecule has 64 valence electrons. The van der Waals surface area contributed by atoms with Crippen molar-refractivity contribution in [2.75, 3.05) is 26.1 Å². The number of hydrogen-bond donors (Lipinski definition) is 1. The van der Waals surface area contributed by atoms with Gasteiger partial charge in [0.15, 0.2) is 0 Å². The van der Waals surface area contributed by atoms with E-state index in [1.165, 1.54) is 0 Å². The third kappa shape index (κ3) is 4.81. The first-order valence-corrected chi connectivity index (χ1v) is 3.81. The maximum atomic E-state index is 10.8. The van der Waals surface area contributed by atoms with E-state index >= 15 is 0 Å². The third-order valence-electron chi connectivity index (χ3n) is 1.04. The molecule has 0 saturated heterocycles. The quantitative estimate of drug-likeness (QED) is 0.288. The summed E-state index contributed by atoms with van der Waals surface area (Å²) in [6.07, 6.45) is 0. The van der Waals surface area contributed by atoms with Crippen LogP contribution >= 0.6 is 11.6 Å². The summed E-state index contributed by atoms with van der Waals surface area (Å²) in [5.41, 5.74) is 0.294. The minimum Gasteiger partial charge on any atom is -0.461 e. The second-order valence-electron chi connectivity index (χ2n) is 1.98. The number of carbonyl (C=O) groups excluding carboxylic acids is 1. The molecule has 0 heterocycles. The van der Waals surface area contributed by atoms with E-state index in [0.717, 1.165) is 0 Å². The lowest BCUT2D eigenvalue weighted by Crippen LogP contribution is -2.18. The second-order valence-corrected chi connectivity index (χ2v) is 2.24. The summed E-state index contributed by atoms with van der Waals surface area (Å²) in [7, 11) is 1.78. The van der Waals surface area contributed by atoms with Crippen molar-refractivity contribution in [2.24, 2.45) is 0 Å². The number of esters is 1. The number of alkyl halides is 1. The number of carbonyl (C=O) groups is 1. The molecule has 0 aromatic carbocycles. The van der Waals surface area contributed by atoms with E-state index < -0.39 is 5.97 Å². The summed E-state index contributed by atoms with van der Waals surface area (Å²) in [4.78, 5) is 10.8. The van der Waals surface area contributed by atoms with Gasteiger partial charge in [0.1, 0.15) is 6.61 Å². The Hall–Kier alpha value is -0.540. The van der Waals surface area contributed by atoms with Crippen LogP contribution in [0.3, 0.4) is 0 Å². The van der Waals surface area contributed by atoms with Crippen molar-refractivity contribution in [2.45, 2.75) is 0 Å². The highest BCUT2D eigenvalue weighted by Gasteiger charge is 2.05. The van der Waals surface area contributed by atoms with Crippen LogP contribution in [0.1, 0.15) is 0 Å². The lowest BCUT2D eigenvalue weighted by atomic mass is 10.4. The van der Waals surface area contributed by atoms with Gasteiger partial charge in [-0.15, -0.1) is 11.6 Å². The predicted molar refractivity (Wildman–Crippen MR) is 44.7 cm³/mol. The van der Waals surface area contributed by atoms with Gasteiger partial charge in [-0.05, 0) is 7.05 Å². The van der Waals surface area contributed by atoms with Crippen LogP contribution in [0.2, 0.25) is 0 Å². The number of rotatable bonds is 5.